The molecule has 5 rings (SSSR count). The molecule has 0 unspecified atom stereocenters. The van der Waals surface area contributed by atoms with Gasteiger partial charge in [-0.15, -0.1) is 6.42 Å². The molecule has 0 spiro atoms. The van der Waals surface area contributed by atoms with Crippen molar-refractivity contribution in [2.24, 2.45) is 0 Å². The predicted octanol–water partition coefficient (Wildman–Crippen LogP) is 4.76. The lowest BCUT2D eigenvalue weighted by molar-refractivity contribution is -0.110. The minimum atomic E-state index is -1.24. The number of ether oxygens (including phenoxy) is 4. The van der Waals surface area contributed by atoms with Crippen LogP contribution in [0.3, 0.4) is 0 Å². The summed E-state index contributed by atoms with van der Waals surface area (Å²) >= 11 is 0. The van der Waals surface area contributed by atoms with E-state index in [9.17, 15) is 14.1 Å². The molecule has 3 aromatic carbocycles. The van der Waals surface area contributed by atoms with Gasteiger partial charge >= 0.3 is 5.69 Å². The van der Waals surface area contributed by atoms with Crippen LogP contribution in [-0.4, -0.2) is 35.8 Å². The molecule has 216 valence electrons. The summed E-state index contributed by atoms with van der Waals surface area (Å²) < 4.78 is 39.4. The minimum absolute atomic E-state index is 0.0596. The molecule has 2 heterocycles. The Morgan fingerprint density at radius 2 is 1.50 bits per heavy atom. The van der Waals surface area contributed by atoms with Gasteiger partial charge in [-0.3, -0.25) is 9.36 Å². The van der Waals surface area contributed by atoms with Gasteiger partial charge in [0.05, 0.1) is 20.8 Å². The quantitative estimate of drug-likeness (QED) is 0.213. The molecule has 0 saturated carbocycles. The van der Waals surface area contributed by atoms with Crippen molar-refractivity contribution in [2.75, 3.05) is 20.8 Å². The molecule has 1 aromatic heterocycles. The topological polar surface area (TPSA) is 80.9 Å². The van der Waals surface area contributed by atoms with Gasteiger partial charge in [-0.2, -0.15) is 0 Å². The van der Waals surface area contributed by atoms with Crippen LogP contribution in [0.4, 0.5) is 4.48 Å². The third kappa shape index (κ3) is 5.11. The monoisotopic (exact) mass is 570 g/mol. The number of aromatic nitrogens is 2. The van der Waals surface area contributed by atoms with Gasteiger partial charge in [0.25, 0.3) is 5.56 Å². The summed E-state index contributed by atoms with van der Waals surface area (Å²) in [6.07, 6.45) is 7.11. The lowest BCUT2D eigenvalue weighted by Gasteiger charge is -2.38. The van der Waals surface area contributed by atoms with Crippen molar-refractivity contribution in [3.63, 3.8) is 0 Å². The van der Waals surface area contributed by atoms with E-state index in [1.54, 1.807) is 14.2 Å². The van der Waals surface area contributed by atoms with Crippen molar-refractivity contribution in [3.05, 3.63) is 128 Å². The van der Waals surface area contributed by atoms with Gasteiger partial charge < -0.3 is 18.9 Å². The van der Waals surface area contributed by atoms with Crippen molar-refractivity contribution in [2.45, 2.75) is 37.2 Å². The zero-order chi connectivity index (χ0) is 29.9. The lowest BCUT2D eigenvalue weighted by atomic mass is 9.79. The Morgan fingerprint density at radius 3 is 2.02 bits per heavy atom. The van der Waals surface area contributed by atoms with Crippen LogP contribution < -0.4 is 20.7 Å². The molecule has 0 aliphatic carbocycles. The maximum absolute atomic E-state index is 14.3. The zero-order valence-corrected chi connectivity index (χ0v) is 23.6. The van der Waals surface area contributed by atoms with Crippen LogP contribution in [0.25, 0.3) is 0 Å². The van der Waals surface area contributed by atoms with Crippen molar-refractivity contribution in [1.29, 1.82) is 0 Å². The first-order valence-electron chi connectivity index (χ1n) is 13.4. The van der Waals surface area contributed by atoms with E-state index in [0.29, 0.717) is 24.3 Å². The minimum Gasteiger partial charge on any atom is -0.497 e. The Labute approximate surface area is 242 Å². The molecule has 1 aliphatic rings. The Kier molecular flexibility index (Phi) is 8.03. The van der Waals surface area contributed by atoms with E-state index >= 15 is 0 Å². The second kappa shape index (κ2) is 11.7. The molecule has 0 N–H and O–H groups in total. The second-order valence-corrected chi connectivity index (χ2v) is 10.1. The third-order valence-corrected chi connectivity index (χ3v) is 7.66. The molecule has 9 heteroatoms. The van der Waals surface area contributed by atoms with Gasteiger partial charge in [0.15, 0.2) is 5.60 Å². The maximum atomic E-state index is 14.3. The molecule has 0 radical (unpaired) electrons. The second-order valence-electron chi connectivity index (χ2n) is 10.1. The molecular weight excluding hydrogens is 539 g/mol. The molecule has 2 atom stereocenters. The summed E-state index contributed by atoms with van der Waals surface area (Å²) in [4.78, 5) is 24.1. The third-order valence-electron chi connectivity index (χ3n) is 7.66. The van der Waals surface area contributed by atoms with Gasteiger partial charge in [-0.05, 0) is 60.7 Å². The van der Waals surface area contributed by atoms with E-state index in [0.717, 1.165) is 21.3 Å². The average molecular weight is 571 g/mol. The molecule has 42 heavy (non-hydrogen) atoms. The van der Waals surface area contributed by atoms with E-state index in [2.05, 4.69) is 5.92 Å². The Bertz CT molecular complexity index is 1660. The van der Waals surface area contributed by atoms with Crippen LogP contribution >= 0.6 is 0 Å². The fourth-order valence-electron chi connectivity index (χ4n) is 5.35. The molecular formula is C33H31FN2O6. The van der Waals surface area contributed by atoms with Crippen LogP contribution in [0.15, 0.2) is 94.6 Å². The van der Waals surface area contributed by atoms with Gasteiger partial charge in [-0.1, -0.05) is 69.8 Å². The van der Waals surface area contributed by atoms with E-state index in [1.165, 1.54) is 13.1 Å². The number of methoxy groups -OCH3 is 2. The van der Waals surface area contributed by atoms with Crippen LogP contribution in [0.2, 0.25) is 0 Å². The summed E-state index contributed by atoms with van der Waals surface area (Å²) in [5.41, 5.74) is -1.96. The number of hydrogen-bond donors (Lipinski definition) is 0. The summed E-state index contributed by atoms with van der Waals surface area (Å²) in [5.74, 6) is 4.11. The largest absolute Gasteiger partial charge is 0.497 e. The zero-order valence-electron chi connectivity index (χ0n) is 23.6. The molecule has 0 bridgehead atoms. The highest BCUT2D eigenvalue weighted by Crippen LogP contribution is 2.44. The van der Waals surface area contributed by atoms with E-state index in [4.69, 9.17) is 25.4 Å². The molecule has 1 saturated heterocycles. The first kappa shape index (κ1) is 28.9. The van der Waals surface area contributed by atoms with E-state index in [-0.39, 0.29) is 12.2 Å². The van der Waals surface area contributed by atoms with Crippen molar-refractivity contribution < 1.29 is 23.4 Å². The average Bonchev–Trinajstić information content (AvgIpc) is 3.47. The van der Waals surface area contributed by atoms with Crippen molar-refractivity contribution in [1.82, 2.24) is 9.36 Å². The van der Waals surface area contributed by atoms with Crippen LogP contribution in [-0.2, 0) is 15.1 Å². The predicted molar refractivity (Wildman–Crippen MR) is 155 cm³/mol. The number of halogens is 1. The standard InChI is InChI=1S/C33H31FN2O6/c1-5-32(20-19-29(42-32)35-21-23(2)30(37)36(34)31(35)38)22-41-33(24-9-7-6-8-10-24,25-11-15-27(39-3)16-12-25)26-13-17-28(40-4)18-14-26/h1,6-18,21,29H,19-20,22H2,2-4H3/t29-,32+/m1/s1. The number of nitrogens with zero attached hydrogens (tertiary/aromatic N) is 2. The van der Waals surface area contributed by atoms with Crippen molar-refractivity contribution >= 4 is 0 Å². The molecule has 4 aromatic rings. The first-order valence-corrected chi connectivity index (χ1v) is 13.4. The maximum Gasteiger partial charge on any atom is 0.362 e. The van der Waals surface area contributed by atoms with Gasteiger partial charge in [-0.25, -0.2) is 4.79 Å². The lowest BCUT2D eigenvalue weighted by Crippen LogP contribution is -2.42. The molecule has 1 fully saturated rings. The molecule has 0 amide bonds. The number of benzene rings is 3. The van der Waals surface area contributed by atoms with E-state index in [1.807, 2.05) is 78.9 Å². The van der Waals surface area contributed by atoms with Crippen LogP contribution in [0, 0.1) is 19.3 Å². The number of aryl methyl sites for hydroxylation is 1. The first-order chi connectivity index (χ1) is 20.3. The Morgan fingerprint density at radius 1 is 0.952 bits per heavy atom. The van der Waals surface area contributed by atoms with Gasteiger partial charge in [0, 0.05) is 11.8 Å². The van der Waals surface area contributed by atoms with E-state index < -0.39 is 33.5 Å². The fraction of sp³-hybridized carbons (Fsp3) is 0.273. The summed E-state index contributed by atoms with van der Waals surface area (Å²) in [5, 5.41) is 0. The Hall–Kier alpha value is -4.65. The molecule has 1 aliphatic heterocycles. The van der Waals surface area contributed by atoms with Crippen LogP contribution in [0.1, 0.15) is 41.3 Å². The summed E-state index contributed by atoms with van der Waals surface area (Å²) in [7, 11) is 3.21. The summed E-state index contributed by atoms with van der Waals surface area (Å²) in [6.45, 7) is 1.37. The fourth-order valence-corrected chi connectivity index (χ4v) is 5.35. The normalized spacial score (nSPS) is 18.4. The number of hydrogen-bond acceptors (Lipinski definition) is 6. The highest BCUT2D eigenvalue weighted by atomic mass is 19.2. The smallest absolute Gasteiger partial charge is 0.362 e. The summed E-state index contributed by atoms with van der Waals surface area (Å²) in [6, 6.07) is 24.9. The number of terminal acetylenes is 1. The molecule has 8 nitrogen and oxygen atoms in total. The highest BCUT2D eigenvalue weighted by Gasteiger charge is 2.45. The van der Waals surface area contributed by atoms with Gasteiger partial charge in [0.2, 0.25) is 0 Å². The van der Waals surface area contributed by atoms with Crippen LogP contribution in [0.5, 0.6) is 11.5 Å². The highest BCUT2D eigenvalue weighted by molar-refractivity contribution is 5.49. The number of rotatable bonds is 9. The van der Waals surface area contributed by atoms with Gasteiger partial charge in [0.1, 0.15) is 23.3 Å². The SMILES string of the molecule is C#C[C@@]1(COC(c2ccccc2)(c2ccc(OC)cc2)c2ccc(OC)cc2)CC[C@H](n2cc(C)c(=O)n(F)c2=O)O1. The Balaban J connectivity index is 1.58. The van der Waals surface area contributed by atoms with Crippen molar-refractivity contribution in [3.8, 4) is 23.8 Å².